The van der Waals surface area contributed by atoms with E-state index in [0.29, 0.717) is 30.0 Å². The van der Waals surface area contributed by atoms with Gasteiger partial charge >= 0.3 is 0 Å². The first-order chi connectivity index (χ1) is 16.0. The largest absolute Gasteiger partial charge is 0.389 e. The summed E-state index contributed by atoms with van der Waals surface area (Å²) < 4.78 is 1.10. The highest BCUT2D eigenvalue weighted by Gasteiger charge is 2.40. The summed E-state index contributed by atoms with van der Waals surface area (Å²) in [6.07, 6.45) is 5.19. The molecule has 6 rings (SSSR count). The summed E-state index contributed by atoms with van der Waals surface area (Å²) in [6, 6.07) is 1.12. The minimum absolute atomic E-state index is 0.405. The summed E-state index contributed by atoms with van der Waals surface area (Å²) in [5, 5.41) is 28.2. The number of anilines is 2. The maximum absolute atomic E-state index is 10.5. The molecule has 10 heteroatoms. The predicted octanol–water partition coefficient (Wildman–Crippen LogP) is 2.39. The fourth-order valence-electron chi connectivity index (χ4n) is 4.59. The quantitative estimate of drug-likeness (QED) is 0.354. The average Bonchev–Trinajstić information content (AvgIpc) is 3.72. The summed E-state index contributed by atoms with van der Waals surface area (Å²) >= 11 is 1.60. The molecule has 9 nitrogen and oxygen atoms in total. The van der Waals surface area contributed by atoms with Gasteiger partial charge in [0.05, 0.1) is 33.8 Å². The highest BCUT2D eigenvalue weighted by Crippen LogP contribution is 2.44. The molecule has 4 atom stereocenters. The van der Waals surface area contributed by atoms with Crippen molar-refractivity contribution in [1.29, 1.82) is 0 Å². The van der Waals surface area contributed by atoms with E-state index in [9.17, 15) is 10.2 Å². The van der Waals surface area contributed by atoms with Gasteiger partial charge in [0, 0.05) is 24.7 Å². The van der Waals surface area contributed by atoms with Gasteiger partial charge in [-0.15, -0.1) is 11.3 Å². The molecule has 3 fully saturated rings. The first-order valence-corrected chi connectivity index (χ1v) is 12.6. The molecule has 3 aliphatic rings. The molecule has 0 bridgehead atoms. The van der Waals surface area contributed by atoms with Gasteiger partial charge < -0.3 is 26.6 Å². The van der Waals surface area contributed by atoms with E-state index in [1.165, 1.54) is 12.8 Å². The topological polar surface area (TPSA) is 142 Å². The van der Waals surface area contributed by atoms with Crippen LogP contribution in [0.5, 0.6) is 0 Å². The maximum atomic E-state index is 10.5. The fraction of sp³-hybridized carbons (Fsp3) is 0.565. The van der Waals surface area contributed by atoms with Crippen LogP contribution in [0.25, 0.3) is 20.8 Å². The van der Waals surface area contributed by atoms with Crippen molar-refractivity contribution in [3.8, 4) is 10.6 Å². The summed E-state index contributed by atoms with van der Waals surface area (Å²) in [4.78, 5) is 19.1. The number of aromatic nitrogens is 4. The van der Waals surface area contributed by atoms with Crippen molar-refractivity contribution in [3.63, 3.8) is 0 Å². The number of fused-ring (bicyclic) bond motifs is 1. The molecule has 0 aliphatic heterocycles. The summed E-state index contributed by atoms with van der Waals surface area (Å²) in [7, 11) is 0. The van der Waals surface area contributed by atoms with E-state index in [0.717, 1.165) is 51.6 Å². The van der Waals surface area contributed by atoms with Crippen LogP contribution < -0.4 is 16.4 Å². The number of thiazole rings is 1. The van der Waals surface area contributed by atoms with Crippen molar-refractivity contribution in [2.75, 3.05) is 17.2 Å². The molecule has 3 aliphatic carbocycles. The van der Waals surface area contributed by atoms with Crippen molar-refractivity contribution in [2.45, 2.75) is 69.2 Å². The Bertz CT molecular complexity index is 1190. The summed E-state index contributed by atoms with van der Waals surface area (Å²) in [5.41, 5.74) is 9.66. The fourth-order valence-corrected chi connectivity index (χ4v) is 5.66. The molecular formula is C23H29N7O2S. The molecule has 3 saturated carbocycles. The van der Waals surface area contributed by atoms with Crippen molar-refractivity contribution in [1.82, 2.24) is 19.9 Å². The lowest BCUT2D eigenvalue weighted by atomic mass is 10.1. The SMILES string of the molecule is Cc1nc(NCC2CC2)nc(NC2CC(N)C(O)C2O)c1-c1nc2c(C3CC3)nccc2s1. The van der Waals surface area contributed by atoms with Gasteiger partial charge in [-0.05, 0) is 51.0 Å². The Kier molecular flexibility index (Phi) is 5.21. The molecule has 3 aromatic rings. The molecule has 3 heterocycles. The molecule has 4 unspecified atom stereocenters. The van der Waals surface area contributed by atoms with E-state index in [2.05, 4.69) is 15.6 Å². The predicted molar refractivity (Wildman–Crippen MR) is 128 cm³/mol. The van der Waals surface area contributed by atoms with Gasteiger partial charge in [-0.3, -0.25) is 4.98 Å². The Morgan fingerprint density at radius 2 is 1.94 bits per heavy atom. The van der Waals surface area contributed by atoms with E-state index in [1.807, 2.05) is 19.2 Å². The molecule has 3 aromatic heterocycles. The molecule has 6 N–H and O–H groups in total. The van der Waals surface area contributed by atoms with E-state index >= 15 is 0 Å². The lowest BCUT2D eigenvalue weighted by Crippen LogP contribution is -2.38. The molecule has 33 heavy (non-hydrogen) atoms. The van der Waals surface area contributed by atoms with Crippen LogP contribution in [0.4, 0.5) is 11.8 Å². The lowest BCUT2D eigenvalue weighted by molar-refractivity contribution is 0.0322. The van der Waals surface area contributed by atoms with Gasteiger partial charge in [0.2, 0.25) is 5.95 Å². The summed E-state index contributed by atoms with van der Waals surface area (Å²) in [6.45, 7) is 2.81. The lowest BCUT2D eigenvalue weighted by Gasteiger charge is -2.21. The number of rotatable bonds is 7. The molecule has 0 amide bonds. The number of aliphatic hydroxyl groups excluding tert-OH is 2. The molecule has 0 saturated heterocycles. The van der Waals surface area contributed by atoms with E-state index < -0.39 is 24.3 Å². The number of nitrogens with zero attached hydrogens (tertiary/aromatic N) is 4. The third kappa shape index (κ3) is 4.05. The van der Waals surface area contributed by atoms with Crippen LogP contribution in [0.2, 0.25) is 0 Å². The van der Waals surface area contributed by atoms with E-state index in [4.69, 9.17) is 20.7 Å². The van der Waals surface area contributed by atoms with Gasteiger partial charge in [0.15, 0.2) is 0 Å². The zero-order chi connectivity index (χ0) is 22.7. The number of nitrogens with one attached hydrogen (secondary N) is 2. The molecular weight excluding hydrogens is 438 g/mol. The first kappa shape index (κ1) is 21.2. The van der Waals surface area contributed by atoms with Crippen molar-refractivity contribution in [2.24, 2.45) is 11.7 Å². The molecule has 0 spiro atoms. The second-order valence-electron chi connectivity index (χ2n) is 9.65. The van der Waals surface area contributed by atoms with Gasteiger partial charge in [-0.2, -0.15) is 4.98 Å². The maximum Gasteiger partial charge on any atom is 0.224 e. The van der Waals surface area contributed by atoms with Crippen molar-refractivity contribution in [3.05, 3.63) is 23.7 Å². The van der Waals surface area contributed by atoms with E-state index in [-0.39, 0.29) is 0 Å². The number of hydrogen-bond donors (Lipinski definition) is 5. The third-order valence-electron chi connectivity index (χ3n) is 6.90. The monoisotopic (exact) mass is 467 g/mol. The second kappa shape index (κ2) is 8.12. The Balaban J connectivity index is 1.40. The van der Waals surface area contributed by atoms with Crippen LogP contribution in [0.3, 0.4) is 0 Å². The van der Waals surface area contributed by atoms with Crippen molar-refractivity contribution < 1.29 is 10.2 Å². The first-order valence-electron chi connectivity index (χ1n) is 11.7. The Labute approximate surface area is 195 Å². The van der Waals surface area contributed by atoms with Crippen LogP contribution >= 0.6 is 11.3 Å². The van der Waals surface area contributed by atoms with Gasteiger partial charge in [0.1, 0.15) is 22.4 Å². The molecule has 0 aromatic carbocycles. The van der Waals surface area contributed by atoms with Crippen LogP contribution in [0, 0.1) is 12.8 Å². The van der Waals surface area contributed by atoms with Gasteiger partial charge in [0.25, 0.3) is 0 Å². The number of nitrogens with two attached hydrogens (primary N) is 1. The molecule has 0 radical (unpaired) electrons. The van der Waals surface area contributed by atoms with Crippen LogP contribution in [-0.2, 0) is 0 Å². The van der Waals surface area contributed by atoms with Crippen LogP contribution in [0.1, 0.15) is 49.4 Å². The van der Waals surface area contributed by atoms with E-state index in [1.54, 1.807) is 11.3 Å². The minimum Gasteiger partial charge on any atom is -0.389 e. The highest BCUT2D eigenvalue weighted by atomic mass is 32.1. The Morgan fingerprint density at radius 1 is 1.12 bits per heavy atom. The minimum atomic E-state index is -0.966. The van der Waals surface area contributed by atoms with Crippen LogP contribution in [0.15, 0.2) is 12.3 Å². The normalized spacial score (nSPS) is 27.3. The van der Waals surface area contributed by atoms with Gasteiger partial charge in [-0.25, -0.2) is 9.97 Å². The number of aliphatic hydroxyl groups is 2. The second-order valence-corrected chi connectivity index (χ2v) is 10.7. The number of pyridine rings is 1. The Morgan fingerprint density at radius 3 is 2.64 bits per heavy atom. The number of aryl methyl sites for hydroxylation is 1. The average molecular weight is 468 g/mol. The smallest absolute Gasteiger partial charge is 0.224 e. The zero-order valence-corrected chi connectivity index (χ0v) is 19.3. The van der Waals surface area contributed by atoms with Gasteiger partial charge in [-0.1, -0.05) is 0 Å². The van der Waals surface area contributed by atoms with Crippen molar-refractivity contribution >= 4 is 33.3 Å². The highest BCUT2D eigenvalue weighted by molar-refractivity contribution is 7.21. The Hall–Kier alpha value is -2.40. The van der Waals surface area contributed by atoms with Crippen LogP contribution in [-0.4, -0.2) is 61.0 Å². The zero-order valence-electron chi connectivity index (χ0n) is 18.5. The summed E-state index contributed by atoms with van der Waals surface area (Å²) in [5.74, 6) is 2.35. The third-order valence-corrected chi connectivity index (χ3v) is 7.94. The molecule has 174 valence electrons. The standard InChI is InChI=1S/C23H29N7O2S/c1-10-16(22-29-18-15(33-22)6-7-25-17(18)12-4-5-12)21(28-14-8-13(24)19(31)20(14)32)30-23(27-10)26-9-11-2-3-11/h6-7,11-14,19-20,31-32H,2-5,8-9,24H2,1H3,(H2,26,27,28,30). The number of hydrogen-bond acceptors (Lipinski definition) is 10.